The van der Waals surface area contributed by atoms with E-state index >= 15 is 0 Å². The topological polar surface area (TPSA) is 41.1 Å². The molecule has 0 aliphatic carbocycles. The monoisotopic (exact) mass is 184 g/mol. The number of piperidine rings is 1. The second-order valence-electron chi connectivity index (χ2n) is 4.15. The van der Waals surface area contributed by atoms with E-state index in [1.54, 1.807) is 7.05 Å². The van der Waals surface area contributed by atoms with Crippen LogP contribution in [0, 0.1) is 11.8 Å². The van der Waals surface area contributed by atoms with Crippen LogP contribution in [-0.4, -0.2) is 25.5 Å². The summed E-state index contributed by atoms with van der Waals surface area (Å²) in [5, 5.41) is 5.94. The molecule has 0 aromatic heterocycles. The molecule has 2 unspecified atom stereocenters. The van der Waals surface area contributed by atoms with Gasteiger partial charge in [0.15, 0.2) is 0 Å². The summed E-state index contributed by atoms with van der Waals surface area (Å²) in [6.45, 7) is 5.44. The second-order valence-corrected chi connectivity index (χ2v) is 4.15. The van der Waals surface area contributed by atoms with E-state index in [4.69, 9.17) is 0 Å². The molecular formula is C10H20N2O. The highest BCUT2D eigenvalue weighted by atomic mass is 16.2. The van der Waals surface area contributed by atoms with E-state index in [-0.39, 0.29) is 11.9 Å². The van der Waals surface area contributed by atoms with Crippen molar-refractivity contribution in [1.29, 1.82) is 0 Å². The van der Waals surface area contributed by atoms with Gasteiger partial charge >= 0.3 is 0 Å². The SMILES string of the molecule is CNC(=O)C1CC(C(C)C)CCN1. The maximum Gasteiger partial charge on any atom is 0.236 e. The molecule has 1 fully saturated rings. The lowest BCUT2D eigenvalue weighted by Crippen LogP contribution is -2.48. The highest BCUT2D eigenvalue weighted by Crippen LogP contribution is 2.23. The molecule has 1 rings (SSSR count). The Morgan fingerprint density at radius 3 is 2.77 bits per heavy atom. The van der Waals surface area contributed by atoms with E-state index in [9.17, 15) is 4.79 Å². The predicted molar refractivity (Wildman–Crippen MR) is 53.4 cm³/mol. The number of hydrogen-bond donors (Lipinski definition) is 2. The standard InChI is InChI=1S/C10H20N2O/c1-7(2)8-4-5-12-9(6-8)10(13)11-3/h7-9,12H,4-6H2,1-3H3,(H,11,13). The molecule has 0 bridgehead atoms. The Balaban J connectivity index is 2.46. The van der Waals surface area contributed by atoms with Crippen molar-refractivity contribution in [3.05, 3.63) is 0 Å². The number of carbonyl (C=O) groups is 1. The number of likely N-dealkylation sites (N-methyl/N-ethyl adjacent to an activating group) is 1. The van der Waals surface area contributed by atoms with E-state index in [0.29, 0.717) is 11.8 Å². The molecule has 1 saturated heterocycles. The predicted octanol–water partition coefficient (Wildman–Crippen LogP) is 0.757. The number of amides is 1. The Bertz CT molecular complexity index is 180. The zero-order chi connectivity index (χ0) is 9.84. The summed E-state index contributed by atoms with van der Waals surface area (Å²) in [7, 11) is 1.70. The van der Waals surface area contributed by atoms with Crippen LogP contribution in [0.25, 0.3) is 0 Å². The van der Waals surface area contributed by atoms with Crippen LogP contribution < -0.4 is 10.6 Å². The fourth-order valence-corrected chi connectivity index (χ4v) is 1.93. The van der Waals surface area contributed by atoms with Crippen molar-refractivity contribution in [3.8, 4) is 0 Å². The summed E-state index contributed by atoms with van der Waals surface area (Å²) >= 11 is 0. The number of nitrogens with one attached hydrogen (secondary N) is 2. The first-order valence-corrected chi connectivity index (χ1v) is 5.10. The third-order valence-corrected chi connectivity index (χ3v) is 2.95. The zero-order valence-corrected chi connectivity index (χ0v) is 8.76. The van der Waals surface area contributed by atoms with Crippen molar-refractivity contribution in [2.24, 2.45) is 11.8 Å². The van der Waals surface area contributed by atoms with Gasteiger partial charge in [-0.05, 0) is 31.2 Å². The molecule has 0 spiro atoms. The summed E-state index contributed by atoms with van der Waals surface area (Å²) in [4.78, 5) is 11.4. The Labute approximate surface area is 80.3 Å². The van der Waals surface area contributed by atoms with Crippen LogP contribution in [0.3, 0.4) is 0 Å². The first-order valence-electron chi connectivity index (χ1n) is 5.10. The molecule has 1 heterocycles. The lowest BCUT2D eigenvalue weighted by molar-refractivity contribution is -0.123. The van der Waals surface area contributed by atoms with Gasteiger partial charge < -0.3 is 10.6 Å². The van der Waals surface area contributed by atoms with E-state index in [1.165, 1.54) is 6.42 Å². The van der Waals surface area contributed by atoms with Crippen LogP contribution in [0.15, 0.2) is 0 Å². The first kappa shape index (κ1) is 10.5. The van der Waals surface area contributed by atoms with Crippen LogP contribution in [0.1, 0.15) is 26.7 Å². The summed E-state index contributed by atoms with van der Waals surface area (Å²) in [5.74, 6) is 1.52. The van der Waals surface area contributed by atoms with Crippen LogP contribution >= 0.6 is 0 Å². The van der Waals surface area contributed by atoms with Crippen LogP contribution in [0.2, 0.25) is 0 Å². The average Bonchev–Trinajstić information content (AvgIpc) is 2.17. The molecule has 13 heavy (non-hydrogen) atoms. The lowest BCUT2D eigenvalue weighted by atomic mass is 9.84. The van der Waals surface area contributed by atoms with Crippen molar-refractivity contribution >= 4 is 5.91 Å². The Hall–Kier alpha value is -0.570. The van der Waals surface area contributed by atoms with Gasteiger partial charge in [0, 0.05) is 7.05 Å². The van der Waals surface area contributed by atoms with Crippen molar-refractivity contribution in [2.45, 2.75) is 32.7 Å². The van der Waals surface area contributed by atoms with E-state index in [0.717, 1.165) is 13.0 Å². The molecule has 2 atom stereocenters. The van der Waals surface area contributed by atoms with E-state index in [2.05, 4.69) is 24.5 Å². The molecular weight excluding hydrogens is 164 g/mol. The third-order valence-electron chi connectivity index (χ3n) is 2.95. The van der Waals surface area contributed by atoms with Crippen LogP contribution in [-0.2, 0) is 4.79 Å². The smallest absolute Gasteiger partial charge is 0.236 e. The van der Waals surface area contributed by atoms with Gasteiger partial charge in [0.25, 0.3) is 0 Å². The second kappa shape index (κ2) is 4.61. The van der Waals surface area contributed by atoms with Crippen molar-refractivity contribution < 1.29 is 4.79 Å². The highest BCUT2D eigenvalue weighted by Gasteiger charge is 2.27. The number of carbonyl (C=O) groups excluding carboxylic acids is 1. The average molecular weight is 184 g/mol. The summed E-state index contributed by atoms with van der Waals surface area (Å²) in [5.41, 5.74) is 0. The minimum atomic E-state index is 0.0335. The molecule has 3 heteroatoms. The van der Waals surface area contributed by atoms with Crippen molar-refractivity contribution in [3.63, 3.8) is 0 Å². The van der Waals surface area contributed by atoms with Gasteiger partial charge in [0.1, 0.15) is 0 Å². The molecule has 76 valence electrons. The van der Waals surface area contributed by atoms with E-state index < -0.39 is 0 Å². The maximum atomic E-state index is 11.4. The molecule has 1 amide bonds. The van der Waals surface area contributed by atoms with Crippen molar-refractivity contribution in [2.75, 3.05) is 13.6 Å². The summed E-state index contributed by atoms with van der Waals surface area (Å²) < 4.78 is 0. The largest absolute Gasteiger partial charge is 0.358 e. The van der Waals surface area contributed by atoms with Gasteiger partial charge in [-0.3, -0.25) is 4.79 Å². The van der Waals surface area contributed by atoms with Gasteiger partial charge in [0.05, 0.1) is 6.04 Å². The molecule has 1 aliphatic rings. The Morgan fingerprint density at radius 1 is 1.54 bits per heavy atom. The number of hydrogen-bond acceptors (Lipinski definition) is 2. The molecule has 0 aromatic rings. The summed E-state index contributed by atoms with van der Waals surface area (Å²) in [6, 6.07) is 0.0335. The Morgan fingerprint density at radius 2 is 2.23 bits per heavy atom. The van der Waals surface area contributed by atoms with Gasteiger partial charge in [0.2, 0.25) is 5.91 Å². The minimum absolute atomic E-state index is 0.0335. The van der Waals surface area contributed by atoms with Gasteiger partial charge in [-0.2, -0.15) is 0 Å². The van der Waals surface area contributed by atoms with Gasteiger partial charge in [-0.15, -0.1) is 0 Å². The zero-order valence-electron chi connectivity index (χ0n) is 8.76. The number of rotatable bonds is 2. The molecule has 0 radical (unpaired) electrons. The molecule has 0 aromatic carbocycles. The van der Waals surface area contributed by atoms with E-state index in [1.807, 2.05) is 0 Å². The first-order chi connectivity index (χ1) is 6.15. The summed E-state index contributed by atoms with van der Waals surface area (Å²) in [6.07, 6.45) is 2.18. The van der Waals surface area contributed by atoms with Crippen LogP contribution in [0.4, 0.5) is 0 Å². The third kappa shape index (κ3) is 2.69. The molecule has 0 saturated carbocycles. The molecule has 1 aliphatic heterocycles. The fraction of sp³-hybridized carbons (Fsp3) is 0.900. The molecule has 2 N–H and O–H groups in total. The van der Waals surface area contributed by atoms with Crippen LogP contribution in [0.5, 0.6) is 0 Å². The normalized spacial score (nSPS) is 28.9. The fourth-order valence-electron chi connectivity index (χ4n) is 1.93. The van der Waals surface area contributed by atoms with Crippen molar-refractivity contribution in [1.82, 2.24) is 10.6 Å². The van der Waals surface area contributed by atoms with Gasteiger partial charge in [-0.25, -0.2) is 0 Å². The molecule has 3 nitrogen and oxygen atoms in total. The minimum Gasteiger partial charge on any atom is -0.358 e. The Kier molecular flexibility index (Phi) is 3.72. The maximum absolute atomic E-state index is 11.4. The van der Waals surface area contributed by atoms with Gasteiger partial charge in [-0.1, -0.05) is 13.8 Å². The lowest BCUT2D eigenvalue weighted by Gasteiger charge is -2.31. The quantitative estimate of drug-likeness (QED) is 0.665. The highest BCUT2D eigenvalue weighted by molar-refractivity contribution is 5.81.